The smallest absolute Gasteiger partial charge is 0.409 e. The molecule has 1 saturated heterocycles. The van der Waals surface area contributed by atoms with Crippen molar-refractivity contribution in [3.8, 4) is 0 Å². The van der Waals surface area contributed by atoms with Gasteiger partial charge >= 0.3 is 12.1 Å². The minimum absolute atomic E-state index is 0.0764. The molecule has 2 rings (SSSR count). The highest BCUT2D eigenvalue weighted by Crippen LogP contribution is 2.32. The Balaban J connectivity index is 1.90. The van der Waals surface area contributed by atoms with E-state index in [0.29, 0.717) is 4.91 Å². The Morgan fingerprint density at radius 1 is 1.28 bits per heavy atom. The lowest BCUT2D eigenvalue weighted by Crippen LogP contribution is -2.34. The maximum Gasteiger partial charge on any atom is 0.409 e. The van der Waals surface area contributed by atoms with Gasteiger partial charge in [0.25, 0.3) is 5.91 Å². The molecule has 0 aromatic heterocycles. The molecule has 0 atom stereocenters. The Morgan fingerprint density at radius 2 is 1.97 bits per heavy atom. The molecular weight excluding hydrogens is 423 g/mol. The molecule has 9 heteroatoms. The average molecular weight is 441 g/mol. The van der Waals surface area contributed by atoms with Crippen LogP contribution >= 0.6 is 24.0 Å². The van der Waals surface area contributed by atoms with Crippen molar-refractivity contribution >= 4 is 46.3 Å². The Labute approximate surface area is 176 Å². The predicted octanol–water partition coefficient (Wildman–Crippen LogP) is 4.89. The number of thiocarbonyl (C=S) groups is 1. The van der Waals surface area contributed by atoms with Crippen molar-refractivity contribution in [2.45, 2.75) is 19.5 Å². The van der Waals surface area contributed by atoms with Crippen LogP contribution < -0.4 is 0 Å². The van der Waals surface area contributed by atoms with Gasteiger partial charge in [-0.3, -0.25) is 14.5 Å². The molecule has 1 amide bonds. The lowest BCUT2D eigenvalue weighted by atomic mass is 10.1. The number of allylic oxidation sites excluding steroid dienone is 3. The average Bonchev–Trinajstić information content (AvgIpc) is 2.88. The van der Waals surface area contributed by atoms with Gasteiger partial charge in [-0.2, -0.15) is 13.2 Å². The van der Waals surface area contributed by atoms with Crippen LogP contribution in [0.4, 0.5) is 13.2 Å². The summed E-state index contributed by atoms with van der Waals surface area (Å²) in [6, 6.07) is 9.58. The van der Waals surface area contributed by atoms with Crippen molar-refractivity contribution in [1.29, 1.82) is 0 Å². The highest BCUT2D eigenvalue weighted by molar-refractivity contribution is 8.26. The lowest BCUT2D eigenvalue weighted by Gasteiger charge is -2.13. The van der Waals surface area contributed by atoms with E-state index >= 15 is 0 Å². The highest BCUT2D eigenvalue weighted by Gasteiger charge is 2.33. The van der Waals surface area contributed by atoms with Gasteiger partial charge in [-0.1, -0.05) is 66.5 Å². The largest absolute Gasteiger partial charge is 0.464 e. The van der Waals surface area contributed by atoms with Crippen molar-refractivity contribution in [2.75, 3.05) is 13.2 Å². The summed E-state index contributed by atoms with van der Waals surface area (Å²) in [7, 11) is 0. The number of rotatable bonds is 7. The Bertz CT molecular complexity index is 861. The van der Waals surface area contributed by atoms with Gasteiger partial charge in [-0.25, -0.2) is 0 Å². The third-order valence-corrected chi connectivity index (χ3v) is 4.95. The number of hydrogen-bond donors (Lipinski definition) is 0. The van der Waals surface area contributed by atoms with Gasteiger partial charge in [0.1, 0.15) is 10.9 Å². The van der Waals surface area contributed by atoms with Gasteiger partial charge in [0.2, 0.25) is 0 Å². The van der Waals surface area contributed by atoms with E-state index < -0.39 is 18.1 Å². The molecule has 0 unspecified atom stereocenters. The van der Waals surface area contributed by atoms with Crippen molar-refractivity contribution in [2.24, 2.45) is 0 Å². The first-order valence-electron chi connectivity index (χ1n) is 8.54. The molecule has 1 aliphatic rings. The minimum Gasteiger partial charge on any atom is -0.464 e. The first-order chi connectivity index (χ1) is 13.7. The summed E-state index contributed by atoms with van der Waals surface area (Å²) in [6.07, 6.45) is 0.0868. The van der Waals surface area contributed by atoms with E-state index in [1.807, 2.05) is 43.3 Å². The molecule has 1 heterocycles. The van der Waals surface area contributed by atoms with Gasteiger partial charge in [0, 0.05) is 6.08 Å². The summed E-state index contributed by atoms with van der Waals surface area (Å²) in [4.78, 5) is 25.9. The van der Waals surface area contributed by atoms with Crippen LogP contribution in [0.1, 0.15) is 18.9 Å². The van der Waals surface area contributed by atoms with Crippen LogP contribution in [0.2, 0.25) is 0 Å². The molecule has 0 radical (unpaired) electrons. The van der Waals surface area contributed by atoms with Crippen LogP contribution in [0.25, 0.3) is 6.08 Å². The monoisotopic (exact) mass is 441 g/mol. The molecule has 154 valence electrons. The molecule has 0 bridgehead atoms. The van der Waals surface area contributed by atoms with E-state index in [2.05, 4.69) is 0 Å². The highest BCUT2D eigenvalue weighted by atomic mass is 32.2. The Morgan fingerprint density at radius 3 is 2.62 bits per heavy atom. The number of alkyl halides is 3. The fourth-order valence-corrected chi connectivity index (χ4v) is 3.63. The quantitative estimate of drug-likeness (QED) is 0.198. The molecule has 1 aromatic carbocycles. The number of benzene rings is 1. The second-order valence-corrected chi connectivity index (χ2v) is 7.70. The third kappa shape index (κ3) is 7.86. The molecule has 4 nitrogen and oxygen atoms in total. The van der Waals surface area contributed by atoms with Crippen LogP contribution in [0.15, 0.2) is 59.0 Å². The second kappa shape index (κ2) is 10.4. The van der Waals surface area contributed by atoms with Gasteiger partial charge in [-0.05, 0) is 30.6 Å². The van der Waals surface area contributed by atoms with Gasteiger partial charge in [0.15, 0.2) is 0 Å². The number of halogens is 3. The Kier molecular flexibility index (Phi) is 8.21. The van der Waals surface area contributed by atoms with E-state index in [4.69, 9.17) is 17.0 Å². The molecule has 0 N–H and O–H groups in total. The summed E-state index contributed by atoms with van der Waals surface area (Å²) < 4.78 is 41.0. The molecule has 0 saturated carbocycles. The number of carbonyl (C=O) groups is 2. The summed E-state index contributed by atoms with van der Waals surface area (Å²) in [6.45, 7) is 1.25. The lowest BCUT2D eigenvalue weighted by molar-refractivity contribution is -0.146. The molecule has 1 aliphatic heterocycles. The summed E-state index contributed by atoms with van der Waals surface area (Å²) in [5.74, 6) is -1.14. The summed E-state index contributed by atoms with van der Waals surface area (Å²) in [5, 5.41) is 0. The second-order valence-electron chi connectivity index (χ2n) is 6.02. The minimum atomic E-state index is -4.40. The molecule has 1 aromatic rings. The SMILES string of the molecule is CC(/C=C1\SC(=S)N(CC(=O)OCC/C=C\C(F)(F)F)C1=O)=C\c1ccccc1. The maximum absolute atomic E-state index is 12.5. The van der Waals surface area contributed by atoms with Crippen molar-refractivity contribution in [1.82, 2.24) is 4.90 Å². The molecule has 0 spiro atoms. The van der Waals surface area contributed by atoms with E-state index in [0.717, 1.165) is 33.9 Å². The van der Waals surface area contributed by atoms with Gasteiger partial charge < -0.3 is 4.74 Å². The van der Waals surface area contributed by atoms with Gasteiger partial charge in [-0.15, -0.1) is 0 Å². The van der Waals surface area contributed by atoms with E-state index in [9.17, 15) is 22.8 Å². The van der Waals surface area contributed by atoms with Gasteiger partial charge in [0.05, 0.1) is 11.5 Å². The summed E-state index contributed by atoms with van der Waals surface area (Å²) in [5.41, 5.74) is 1.83. The summed E-state index contributed by atoms with van der Waals surface area (Å²) >= 11 is 6.24. The molecule has 29 heavy (non-hydrogen) atoms. The third-order valence-electron chi connectivity index (χ3n) is 3.57. The molecular formula is C20H18F3NO3S2. The normalized spacial score (nSPS) is 16.9. The van der Waals surface area contributed by atoms with Crippen molar-refractivity contribution in [3.05, 3.63) is 64.6 Å². The zero-order chi connectivity index (χ0) is 21.4. The number of nitrogens with zero attached hydrogens (tertiary/aromatic N) is 1. The predicted molar refractivity (Wildman–Crippen MR) is 111 cm³/mol. The zero-order valence-electron chi connectivity index (χ0n) is 15.4. The van der Waals surface area contributed by atoms with Crippen molar-refractivity contribution < 1.29 is 27.5 Å². The molecule has 0 aliphatic carbocycles. The van der Waals surface area contributed by atoms with Crippen molar-refractivity contribution in [3.63, 3.8) is 0 Å². The van der Waals surface area contributed by atoms with E-state index in [1.54, 1.807) is 6.08 Å². The molecule has 1 fully saturated rings. The van der Waals surface area contributed by atoms with E-state index in [-0.39, 0.29) is 30.0 Å². The topological polar surface area (TPSA) is 46.6 Å². The van der Waals surface area contributed by atoms with Crippen LogP contribution in [-0.4, -0.2) is 40.4 Å². The number of esters is 1. The maximum atomic E-state index is 12.5. The first kappa shape index (κ1) is 22.9. The number of ether oxygens (including phenoxy) is 1. The number of hydrogen-bond acceptors (Lipinski definition) is 5. The van der Waals surface area contributed by atoms with E-state index in [1.165, 1.54) is 0 Å². The van der Waals surface area contributed by atoms with Crippen LogP contribution in [0.3, 0.4) is 0 Å². The van der Waals surface area contributed by atoms with Crippen LogP contribution in [0, 0.1) is 0 Å². The fraction of sp³-hybridized carbons (Fsp3) is 0.250. The standard InChI is InChI=1S/C20H18F3NO3S2/c1-14(11-15-7-3-2-4-8-15)12-16-18(26)24(19(28)29-16)13-17(25)27-10-6-5-9-20(21,22)23/h2-5,7-9,11-12H,6,10,13H2,1H3/b9-5-,14-11+,16-12-. The first-order valence-corrected chi connectivity index (χ1v) is 9.77. The van der Waals surface area contributed by atoms with Crippen LogP contribution in [0.5, 0.6) is 0 Å². The van der Waals surface area contributed by atoms with Crippen LogP contribution in [-0.2, 0) is 14.3 Å². The zero-order valence-corrected chi connectivity index (χ0v) is 17.1. The fourth-order valence-electron chi connectivity index (χ4n) is 2.33. The number of thioether (sulfide) groups is 1. The number of amides is 1. The Hall–Kier alpha value is -2.39. The number of carbonyl (C=O) groups excluding carboxylic acids is 2.